The van der Waals surface area contributed by atoms with Gasteiger partial charge in [0.25, 0.3) is 0 Å². The fourth-order valence-electron chi connectivity index (χ4n) is 5.31. The third-order valence-electron chi connectivity index (χ3n) is 7.17. The van der Waals surface area contributed by atoms with Gasteiger partial charge in [-0.25, -0.2) is 0 Å². The molecule has 0 aliphatic heterocycles. The Morgan fingerprint density at radius 3 is 1.38 bits per heavy atom. The molecule has 9 aromatic rings. The number of para-hydroxylation sites is 2. The molecule has 2 nitrogen and oxygen atoms in total. The average Bonchev–Trinajstić information content (AvgIpc) is 3.88. The molecule has 0 bridgehead atoms. The second kappa shape index (κ2) is 10.1. The summed E-state index contributed by atoms with van der Waals surface area (Å²) in [5.41, 5.74) is -6.91. The molecule has 45 heavy (non-hydrogen) atoms. The quantitative estimate of drug-likeness (QED) is 0.190. The molecule has 2 aromatic heterocycles. The van der Waals surface area contributed by atoms with E-state index in [2.05, 4.69) is 0 Å². The Balaban J connectivity index is 1.55. The first-order valence-electron chi connectivity index (χ1n) is 26.8. The summed E-state index contributed by atoms with van der Waals surface area (Å²) in [6.07, 6.45) is 0. The molecular weight excluding hydrogens is 544 g/mol. The first kappa shape index (κ1) is 10.4. The van der Waals surface area contributed by atoms with E-state index >= 15 is 0 Å². The molecule has 0 spiro atoms. The zero-order chi connectivity index (χ0) is 53.4. The number of nitrogens with zero attached hydrogens (tertiary/aromatic N) is 2. The molecule has 0 N–H and O–H groups in total. The van der Waals surface area contributed by atoms with E-state index in [1.165, 1.54) is 6.92 Å². The van der Waals surface area contributed by atoms with Crippen molar-refractivity contribution in [2.75, 3.05) is 0 Å². The largest absolute Gasteiger partial charge is 0.309 e. The third-order valence-corrected chi connectivity index (χ3v) is 7.17. The molecule has 0 radical (unpaired) electrons. The lowest BCUT2D eigenvalue weighted by Gasteiger charge is -2.11. The zero-order valence-electron chi connectivity index (χ0n) is 49.9. The molecule has 0 aliphatic rings. The highest BCUT2D eigenvalue weighted by Gasteiger charge is 2.20. The zero-order valence-corrected chi connectivity index (χ0v) is 22.9. The van der Waals surface area contributed by atoms with Crippen molar-refractivity contribution in [3.8, 4) is 33.6 Å². The lowest BCUT2D eigenvalue weighted by Crippen LogP contribution is -1.95. The Morgan fingerprint density at radius 1 is 0.378 bits per heavy atom. The van der Waals surface area contributed by atoms with Gasteiger partial charge in [0, 0.05) is 32.9 Å². The van der Waals surface area contributed by atoms with E-state index < -0.39 is 240 Å². The van der Waals surface area contributed by atoms with Crippen LogP contribution in [0, 0.1) is 6.92 Å². The summed E-state index contributed by atoms with van der Waals surface area (Å²) in [6.45, 7) is 1.29. The normalized spacial score (nSPS) is 20.1. The molecule has 0 saturated carbocycles. The van der Waals surface area contributed by atoms with Crippen molar-refractivity contribution in [3.63, 3.8) is 0 Å². The van der Waals surface area contributed by atoms with Crippen LogP contribution in [0.5, 0.6) is 0 Å². The molecule has 212 valence electrons. The van der Waals surface area contributed by atoms with Crippen molar-refractivity contribution in [3.05, 3.63) is 169 Å². The average molecular weight is 602 g/mol. The lowest BCUT2D eigenvalue weighted by atomic mass is 10.0. The summed E-state index contributed by atoms with van der Waals surface area (Å²) < 4.78 is 242. The summed E-state index contributed by atoms with van der Waals surface area (Å²) in [6, 6.07) is -23.7. The van der Waals surface area contributed by atoms with E-state index in [1.807, 2.05) is 0 Å². The summed E-state index contributed by atoms with van der Waals surface area (Å²) >= 11 is 0. The Morgan fingerprint density at radius 2 is 0.822 bits per heavy atom. The van der Waals surface area contributed by atoms with Crippen LogP contribution in [0.2, 0.25) is 0 Å². The van der Waals surface area contributed by atoms with Crippen molar-refractivity contribution in [1.82, 2.24) is 9.13 Å². The standard InChI is InChI=1S/C43H30N2/c1-29-10-9-13-33(28-29)32-20-24-35(25-21-32)45-39-17-8-6-15-37(39)43-41(45)27-26-40-42(43)36-14-5-7-16-38(36)44(40)34-22-18-31(19-23-34)30-11-3-2-4-12-30/h2-28H,1H3/i2D,3D,4D,5D,6D,7D,8D,9D,10D,11D,12D,13D,14D,15D,16D,17D,18D,19D,20D,21D,22D,23D,24D,25D,26D,27D,28D. The maximum absolute atomic E-state index is 9.69. The van der Waals surface area contributed by atoms with Crippen LogP contribution < -0.4 is 0 Å². The van der Waals surface area contributed by atoms with Gasteiger partial charge in [0.1, 0.15) is 0 Å². The van der Waals surface area contributed by atoms with Crippen molar-refractivity contribution in [2.24, 2.45) is 0 Å². The first-order valence-corrected chi connectivity index (χ1v) is 13.3. The van der Waals surface area contributed by atoms with Gasteiger partial charge in [0.15, 0.2) is 0 Å². The SMILES string of the molecule is [2H]c1c([2H])c([2H])c(-c2c([2H])c([2H])c(-n3c4c([2H])c([2H])c([2H])c([2H])c4c4c5c6c([2H])c([2H])c([2H])c([2H])c6n(-c6c([2H])c([2H])c(-c7c([2H])c([2H])c([2H])c(C)c7[2H])c([2H])c6[2H])c5c([2H])c([2H])c43)c([2H])c2[2H])c([2H])c1[2H]. The Labute approximate surface area is 300 Å². The minimum Gasteiger partial charge on any atom is -0.309 e. The Hall–Kier alpha value is -5.86. The van der Waals surface area contributed by atoms with Gasteiger partial charge >= 0.3 is 0 Å². The number of hydrogen-bond acceptors (Lipinski definition) is 0. The van der Waals surface area contributed by atoms with E-state index in [0.717, 1.165) is 9.13 Å². The fourth-order valence-corrected chi connectivity index (χ4v) is 5.31. The Bertz CT molecular complexity index is 3700. The second-order valence-corrected chi connectivity index (χ2v) is 9.76. The topological polar surface area (TPSA) is 9.86 Å². The highest BCUT2D eigenvalue weighted by atomic mass is 15.0. The lowest BCUT2D eigenvalue weighted by molar-refractivity contribution is 1.17. The summed E-state index contributed by atoms with van der Waals surface area (Å²) in [4.78, 5) is 0. The first-order chi connectivity index (χ1) is 33.5. The molecule has 9 rings (SSSR count). The van der Waals surface area contributed by atoms with Gasteiger partial charge in [-0.1, -0.05) is 120 Å². The van der Waals surface area contributed by atoms with E-state index in [4.69, 9.17) is 20.6 Å². The second-order valence-electron chi connectivity index (χ2n) is 9.76. The minimum atomic E-state index is -1.03. The minimum absolute atomic E-state index is 0.119. The van der Waals surface area contributed by atoms with Crippen LogP contribution in [0.25, 0.3) is 77.2 Å². The summed E-state index contributed by atoms with van der Waals surface area (Å²) in [7, 11) is 0. The number of fused-ring (bicyclic) bond motifs is 7. The molecule has 0 aliphatic carbocycles. The fraction of sp³-hybridized carbons (Fsp3) is 0.0233. The van der Waals surface area contributed by atoms with Crippen molar-refractivity contribution >= 4 is 43.6 Å². The highest BCUT2D eigenvalue weighted by molar-refractivity contribution is 6.28. The number of rotatable bonds is 4. The van der Waals surface area contributed by atoms with Gasteiger partial charge in [-0.15, -0.1) is 0 Å². The van der Waals surface area contributed by atoms with Crippen LogP contribution in [0.1, 0.15) is 42.6 Å². The molecule has 7 aromatic carbocycles. The van der Waals surface area contributed by atoms with Crippen molar-refractivity contribution in [2.45, 2.75) is 6.92 Å². The molecular formula is C43H30N2. The van der Waals surface area contributed by atoms with E-state index in [-0.39, 0.29) is 5.56 Å². The van der Waals surface area contributed by atoms with E-state index in [9.17, 15) is 16.4 Å². The Kier molecular flexibility index (Phi) is 2.33. The molecule has 0 fully saturated rings. The van der Waals surface area contributed by atoms with Crippen LogP contribution in [0.15, 0.2) is 163 Å². The van der Waals surface area contributed by atoms with Crippen LogP contribution in [-0.4, -0.2) is 9.13 Å². The van der Waals surface area contributed by atoms with E-state index in [1.54, 1.807) is 0 Å². The van der Waals surface area contributed by atoms with Crippen LogP contribution >= 0.6 is 0 Å². The van der Waals surface area contributed by atoms with Crippen LogP contribution in [0.4, 0.5) is 0 Å². The van der Waals surface area contributed by atoms with Crippen LogP contribution in [0.3, 0.4) is 0 Å². The van der Waals surface area contributed by atoms with Crippen molar-refractivity contribution < 1.29 is 37.0 Å². The summed E-state index contributed by atoms with van der Waals surface area (Å²) in [5.74, 6) is 0. The molecule has 0 atom stereocenters. The summed E-state index contributed by atoms with van der Waals surface area (Å²) in [5, 5.41) is -2.07. The van der Waals surface area contributed by atoms with E-state index in [0.29, 0.717) is 0 Å². The number of hydrogen-bond donors (Lipinski definition) is 0. The number of benzene rings is 7. The van der Waals surface area contributed by atoms with Gasteiger partial charge in [0.05, 0.1) is 59.1 Å². The third kappa shape index (κ3) is 4.03. The van der Waals surface area contributed by atoms with Gasteiger partial charge < -0.3 is 9.13 Å². The van der Waals surface area contributed by atoms with Gasteiger partial charge in [0.2, 0.25) is 0 Å². The molecule has 0 unspecified atom stereocenters. The molecule has 2 heteroatoms. The predicted molar refractivity (Wildman–Crippen MR) is 191 cm³/mol. The molecule has 0 saturated heterocycles. The maximum atomic E-state index is 9.69. The highest BCUT2D eigenvalue weighted by Crippen LogP contribution is 2.42. The monoisotopic (exact) mass is 601 g/mol. The smallest absolute Gasteiger partial charge is 0.0646 e. The number of aromatic nitrogens is 2. The molecule has 2 heterocycles. The maximum Gasteiger partial charge on any atom is 0.0646 e. The molecule has 0 amide bonds. The van der Waals surface area contributed by atoms with Gasteiger partial charge in [-0.05, 0) is 77.5 Å². The van der Waals surface area contributed by atoms with Crippen molar-refractivity contribution in [1.29, 1.82) is 0 Å². The van der Waals surface area contributed by atoms with Gasteiger partial charge in [-0.2, -0.15) is 0 Å². The predicted octanol–water partition coefficient (Wildman–Crippen LogP) is 11.5. The van der Waals surface area contributed by atoms with Crippen LogP contribution in [-0.2, 0) is 0 Å². The van der Waals surface area contributed by atoms with Gasteiger partial charge in [-0.3, -0.25) is 0 Å².